The molecule has 3 aromatic rings. The fourth-order valence-electron chi connectivity index (χ4n) is 2.37. The van der Waals surface area contributed by atoms with Crippen LogP contribution >= 0.6 is 22.9 Å². The standard InChI is InChI=1S/C16H15IN2/c1-11(2)12-7-3-4-8-13(12)16-18-14-9-5-6-10-15(14)19(16)17/h3-11H,1-2H3. The Morgan fingerprint density at radius 2 is 1.68 bits per heavy atom. The van der Waals surface area contributed by atoms with E-state index in [4.69, 9.17) is 4.98 Å². The fourth-order valence-corrected chi connectivity index (χ4v) is 3.14. The zero-order valence-corrected chi connectivity index (χ0v) is 13.1. The second-order valence-electron chi connectivity index (χ2n) is 4.95. The Labute approximate surface area is 127 Å². The smallest absolute Gasteiger partial charge is 0.150 e. The van der Waals surface area contributed by atoms with Gasteiger partial charge in [0.15, 0.2) is 0 Å². The number of halogens is 1. The molecule has 0 unspecified atom stereocenters. The third kappa shape index (κ3) is 2.16. The topological polar surface area (TPSA) is 17.8 Å². The van der Waals surface area contributed by atoms with Crippen molar-refractivity contribution in [1.82, 2.24) is 7.76 Å². The first kappa shape index (κ1) is 12.7. The van der Waals surface area contributed by atoms with E-state index in [-0.39, 0.29) is 0 Å². The van der Waals surface area contributed by atoms with Gasteiger partial charge in [0.05, 0.1) is 33.9 Å². The van der Waals surface area contributed by atoms with Crippen molar-refractivity contribution in [3.63, 3.8) is 0 Å². The lowest BCUT2D eigenvalue weighted by molar-refractivity contribution is 0.867. The normalized spacial score (nSPS) is 11.4. The summed E-state index contributed by atoms with van der Waals surface area (Å²) in [4.78, 5) is 4.78. The third-order valence-electron chi connectivity index (χ3n) is 3.33. The van der Waals surface area contributed by atoms with Crippen molar-refractivity contribution in [2.75, 3.05) is 0 Å². The van der Waals surface area contributed by atoms with Crippen molar-refractivity contribution in [1.29, 1.82) is 0 Å². The van der Waals surface area contributed by atoms with Crippen molar-refractivity contribution in [2.24, 2.45) is 0 Å². The zero-order valence-electron chi connectivity index (χ0n) is 11.0. The lowest BCUT2D eigenvalue weighted by Gasteiger charge is -2.11. The molecular formula is C16H15IN2. The monoisotopic (exact) mass is 362 g/mol. The number of hydrogen-bond acceptors (Lipinski definition) is 1. The molecule has 0 amide bonds. The van der Waals surface area contributed by atoms with Crippen molar-refractivity contribution >= 4 is 33.9 Å². The van der Waals surface area contributed by atoms with E-state index in [1.54, 1.807) is 0 Å². The average molecular weight is 362 g/mol. The quantitative estimate of drug-likeness (QED) is 0.585. The molecule has 0 N–H and O–H groups in total. The van der Waals surface area contributed by atoms with Crippen LogP contribution in [0.2, 0.25) is 0 Å². The lowest BCUT2D eigenvalue weighted by atomic mass is 9.97. The molecule has 3 heteroatoms. The number of fused-ring (bicyclic) bond motifs is 1. The minimum Gasteiger partial charge on any atom is -0.264 e. The molecule has 0 radical (unpaired) electrons. The Hall–Kier alpha value is -1.36. The molecule has 1 aromatic heterocycles. The predicted molar refractivity (Wildman–Crippen MR) is 88.7 cm³/mol. The lowest BCUT2D eigenvalue weighted by Crippen LogP contribution is -1.95. The summed E-state index contributed by atoms with van der Waals surface area (Å²) in [6.07, 6.45) is 0. The number of benzene rings is 2. The first-order valence-corrected chi connectivity index (χ1v) is 7.38. The number of para-hydroxylation sites is 2. The number of imidazole rings is 1. The van der Waals surface area contributed by atoms with Crippen molar-refractivity contribution in [3.05, 3.63) is 54.1 Å². The van der Waals surface area contributed by atoms with Gasteiger partial charge >= 0.3 is 0 Å². The minimum absolute atomic E-state index is 0.493. The van der Waals surface area contributed by atoms with E-state index >= 15 is 0 Å². The molecule has 0 saturated carbocycles. The van der Waals surface area contributed by atoms with Crippen LogP contribution in [0.4, 0.5) is 0 Å². The molecule has 2 aromatic carbocycles. The molecule has 2 nitrogen and oxygen atoms in total. The van der Waals surface area contributed by atoms with Gasteiger partial charge in [0.25, 0.3) is 0 Å². The van der Waals surface area contributed by atoms with Gasteiger partial charge in [0.1, 0.15) is 5.82 Å². The highest BCUT2D eigenvalue weighted by atomic mass is 127. The molecular weight excluding hydrogens is 347 g/mol. The van der Waals surface area contributed by atoms with E-state index in [0.29, 0.717) is 5.92 Å². The Morgan fingerprint density at radius 3 is 2.42 bits per heavy atom. The van der Waals surface area contributed by atoms with Crippen LogP contribution in [0.5, 0.6) is 0 Å². The van der Waals surface area contributed by atoms with Crippen LogP contribution in [0.3, 0.4) is 0 Å². The molecule has 0 atom stereocenters. The van der Waals surface area contributed by atoms with E-state index in [1.807, 2.05) is 6.07 Å². The molecule has 0 spiro atoms. The summed E-state index contributed by atoms with van der Waals surface area (Å²) >= 11 is 2.33. The molecule has 0 saturated heterocycles. The number of rotatable bonds is 2. The highest BCUT2D eigenvalue weighted by Gasteiger charge is 2.14. The van der Waals surface area contributed by atoms with E-state index in [9.17, 15) is 0 Å². The van der Waals surface area contributed by atoms with E-state index in [2.05, 4.69) is 82.0 Å². The first-order valence-electron chi connectivity index (χ1n) is 6.41. The van der Waals surface area contributed by atoms with Crippen LogP contribution in [0, 0.1) is 0 Å². The summed E-state index contributed by atoms with van der Waals surface area (Å²) in [7, 11) is 0. The number of nitrogens with zero attached hydrogens (tertiary/aromatic N) is 2. The second-order valence-corrected chi connectivity index (χ2v) is 5.91. The van der Waals surface area contributed by atoms with Crippen LogP contribution in [0.15, 0.2) is 48.5 Å². The van der Waals surface area contributed by atoms with Crippen LogP contribution < -0.4 is 0 Å². The summed E-state index contributed by atoms with van der Waals surface area (Å²) in [5.74, 6) is 1.53. The first-order chi connectivity index (χ1) is 9.18. The highest BCUT2D eigenvalue weighted by molar-refractivity contribution is 14.1. The Balaban J connectivity index is 2.28. The van der Waals surface area contributed by atoms with Crippen LogP contribution in [0.25, 0.3) is 22.4 Å². The largest absolute Gasteiger partial charge is 0.264 e. The molecule has 3 rings (SSSR count). The Bertz CT molecular complexity index is 728. The van der Waals surface area contributed by atoms with Gasteiger partial charge in [-0.15, -0.1) is 0 Å². The van der Waals surface area contributed by atoms with Gasteiger partial charge in [0.2, 0.25) is 0 Å². The summed E-state index contributed by atoms with van der Waals surface area (Å²) in [6, 6.07) is 16.8. The van der Waals surface area contributed by atoms with Crippen LogP contribution in [-0.2, 0) is 0 Å². The maximum Gasteiger partial charge on any atom is 0.150 e. The van der Waals surface area contributed by atoms with Gasteiger partial charge in [-0.1, -0.05) is 50.2 Å². The number of aromatic nitrogens is 2. The van der Waals surface area contributed by atoms with Crippen molar-refractivity contribution in [3.8, 4) is 11.4 Å². The minimum atomic E-state index is 0.493. The molecule has 0 aliphatic rings. The van der Waals surface area contributed by atoms with Gasteiger partial charge in [0, 0.05) is 5.56 Å². The van der Waals surface area contributed by atoms with Gasteiger partial charge in [-0.25, -0.2) is 4.98 Å². The van der Waals surface area contributed by atoms with E-state index in [1.165, 1.54) is 11.1 Å². The van der Waals surface area contributed by atoms with E-state index < -0.39 is 0 Å². The van der Waals surface area contributed by atoms with Crippen molar-refractivity contribution < 1.29 is 0 Å². The Kier molecular flexibility index (Phi) is 3.31. The van der Waals surface area contributed by atoms with Crippen molar-refractivity contribution in [2.45, 2.75) is 19.8 Å². The molecule has 0 aliphatic carbocycles. The fraction of sp³-hybridized carbons (Fsp3) is 0.188. The summed E-state index contributed by atoms with van der Waals surface area (Å²) in [5.41, 5.74) is 4.78. The second kappa shape index (κ2) is 4.96. The molecule has 0 aliphatic heterocycles. The van der Waals surface area contributed by atoms with Crippen LogP contribution in [-0.4, -0.2) is 7.76 Å². The maximum atomic E-state index is 4.78. The molecule has 1 heterocycles. The maximum absolute atomic E-state index is 4.78. The third-order valence-corrected chi connectivity index (χ3v) is 4.31. The average Bonchev–Trinajstić information content (AvgIpc) is 2.76. The predicted octanol–water partition coefficient (Wildman–Crippen LogP) is 5.02. The molecule has 0 bridgehead atoms. The Morgan fingerprint density at radius 1 is 1.00 bits per heavy atom. The van der Waals surface area contributed by atoms with Gasteiger partial charge in [-0.3, -0.25) is 2.78 Å². The zero-order chi connectivity index (χ0) is 13.4. The SMILES string of the molecule is CC(C)c1ccccc1-c1nc2ccccc2n1I. The molecule has 0 fully saturated rings. The number of hydrogen-bond donors (Lipinski definition) is 0. The van der Waals surface area contributed by atoms with E-state index in [0.717, 1.165) is 16.9 Å². The molecule has 19 heavy (non-hydrogen) atoms. The van der Waals surface area contributed by atoms with Gasteiger partial charge in [-0.05, 0) is 23.6 Å². The molecule has 96 valence electrons. The van der Waals surface area contributed by atoms with Gasteiger partial charge < -0.3 is 0 Å². The van der Waals surface area contributed by atoms with Crippen LogP contribution in [0.1, 0.15) is 25.3 Å². The van der Waals surface area contributed by atoms with Gasteiger partial charge in [-0.2, -0.15) is 0 Å². The summed E-state index contributed by atoms with van der Waals surface area (Å²) < 4.78 is 2.15. The summed E-state index contributed by atoms with van der Waals surface area (Å²) in [6.45, 7) is 4.44. The summed E-state index contributed by atoms with van der Waals surface area (Å²) in [5, 5.41) is 0. The highest BCUT2D eigenvalue weighted by Crippen LogP contribution is 2.32.